The smallest absolute Gasteiger partial charge is 0.269 e. The molecule has 0 saturated heterocycles. The molecule has 0 bridgehead atoms. The highest BCUT2D eigenvalue weighted by Gasteiger charge is 2.22. The summed E-state index contributed by atoms with van der Waals surface area (Å²) in [6.07, 6.45) is 0.131. The second kappa shape index (κ2) is 7.84. The van der Waals surface area contributed by atoms with E-state index >= 15 is 0 Å². The van der Waals surface area contributed by atoms with Crippen molar-refractivity contribution in [3.63, 3.8) is 0 Å². The largest absolute Gasteiger partial charge is 0.486 e. The number of hydrogen-bond donors (Lipinski definition) is 0. The number of nitro groups is 1. The molecular weight excluding hydrogens is 372 g/mol. The van der Waals surface area contributed by atoms with Gasteiger partial charge in [0.2, 0.25) is 5.91 Å². The number of non-ortho nitro benzene ring substituents is 1. The van der Waals surface area contributed by atoms with Gasteiger partial charge in [-0.2, -0.15) is 0 Å². The van der Waals surface area contributed by atoms with Gasteiger partial charge in [0.15, 0.2) is 11.5 Å². The fraction of sp³-hybridized carbons (Fsp3) is 0.316. The standard InChI is InChI=1S/C19H19ClN2O5/c1-12(14-4-3-5-15(11-14)22(24)25)21(2)18(23)10-13-8-16(20)19-17(9-13)26-6-7-27-19/h3-5,8-9,11-12H,6-7,10H2,1-2H3. The highest BCUT2D eigenvalue weighted by Crippen LogP contribution is 2.38. The Bertz CT molecular complexity index is 886. The van der Waals surface area contributed by atoms with Crippen LogP contribution in [-0.4, -0.2) is 36.0 Å². The first kappa shape index (κ1) is 19.0. The summed E-state index contributed by atoms with van der Waals surface area (Å²) >= 11 is 6.22. The van der Waals surface area contributed by atoms with Crippen LogP contribution in [-0.2, 0) is 11.2 Å². The van der Waals surface area contributed by atoms with Crippen molar-refractivity contribution >= 4 is 23.2 Å². The molecular formula is C19H19ClN2O5. The van der Waals surface area contributed by atoms with Gasteiger partial charge in [-0.3, -0.25) is 14.9 Å². The maximum absolute atomic E-state index is 12.7. The lowest BCUT2D eigenvalue weighted by molar-refractivity contribution is -0.384. The summed E-state index contributed by atoms with van der Waals surface area (Å²) in [5.41, 5.74) is 1.41. The van der Waals surface area contributed by atoms with Crippen molar-refractivity contribution in [1.82, 2.24) is 4.90 Å². The zero-order chi connectivity index (χ0) is 19.6. The molecule has 27 heavy (non-hydrogen) atoms. The predicted octanol–water partition coefficient (Wildman–Crippen LogP) is 3.78. The van der Waals surface area contributed by atoms with E-state index in [1.165, 1.54) is 12.1 Å². The molecule has 2 aromatic carbocycles. The third-order valence-electron chi connectivity index (χ3n) is 4.55. The van der Waals surface area contributed by atoms with E-state index in [0.29, 0.717) is 40.9 Å². The van der Waals surface area contributed by atoms with Gasteiger partial charge >= 0.3 is 0 Å². The van der Waals surface area contributed by atoms with Crippen LogP contribution in [0.4, 0.5) is 5.69 Å². The molecule has 0 spiro atoms. The van der Waals surface area contributed by atoms with Gasteiger partial charge in [0.25, 0.3) is 5.69 Å². The molecule has 0 aliphatic carbocycles. The molecule has 1 aliphatic rings. The summed E-state index contributed by atoms with van der Waals surface area (Å²) in [6.45, 7) is 2.70. The van der Waals surface area contributed by atoms with Gasteiger partial charge in [-0.05, 0) is 30.2 Å². The van der Waals surface area contributed by atoms with Gasteiger partial charge in [-0.15, -0.1) is 0 Å². The molecule has 1 unspecified atom stereocenters. The second-order valence-corrected chi connectivity index (χ2v) is 6.72. The van der Waals surface area contributed by atoms with Crippen molar-refractivity contribution < 1.29 is 19.2 Å². The molecule has 0 saturated carbocycles. The van der Waals surface area contributed by atoms with Crippen molar-refractivity contribution in [3.05, 3.63) is 62.7 Å². The highest BCUT2D eigenvalue weighted by atomic mass is 35.5. The summed E-state index contributed by atoms with van der Waals surface area (Å²) in [6, 6.07) is 9.42. The first-order valence-corrected chi connectivity index (χ1v) is 8.82. The molecule has 3 rings (SSSR count). The number of ether oxygens (including phenoxy) is 2. The van der Waals surface area contributed by atoms with Gasteiger partial charge in [-0.1, -0.05) is 23.7 Å². The minimum absolute atomic E-state index is 0.00110. The quantitative estimate of drug-likeness (QED) is 0.573. The normalized spacial score (nSPS) is 13.7. The molecule has 0 aromatic heterocycles. The minimum Gasteiger partial charge on any atom is -0.486 e. The number of nitro benzene ring substituents is 1. The highest BCUT2D eigenvalue weighted by molar-refractivity contribution is 6.32. The fourth-order valence-corrected chi connectivity index (χ4v) is 3.19. The van der Waals surface area contributed by atoms with Crippen LogP contribution in [0.3, 0.4) is 0 Å². The van der Waals surface area contributed by atoms with E-state index in [9.17, 15) is 14.9 Å². The Kier molecular flexibility index (Phi) is 5.51. The lowest BCUT2D eigenvalue weighted by Gasteiger charge is -2.26. The van der Waals surface area contributed by atoms with Gasteiger partial charge in [0.05, 0.1) is 22.4 Å². The van der Waals surface area contributed by atoms with Crippen molar-refractivity contribution in [1.29, 1.82) is 0 Å². The van der Waals surface area contributed by atoms with Gasteiger partial charge in [-0.25, -0.2) is 0 Å². The summed E-state index contributed by atoms with van der Waals surface area (Å²) < 4.78 is 11.0. The molecule has 7 nitrogen and oxygen atoms in total. The third kappa shape index (κ3) is 4.14. The van der Waals surface area contributed by atoms with E-state index in [-0.39, 0.29) is 24.1 Å². The van der Waals surface area contributed by atoms with E-state index in [1.807, 2.05) is 6.92 Å². The third-order valence-corrected chi connectivity index (χ3v) is 4.83. The summed E-state index contributed by atoms with van der Waals surface area (Å²) in [7, 11) is 1.67. The Labute approximate surface area is 161 Å². The van der Waals surface area contributed by atoms with Crippen LogP contribution in [0.1, 0.15) is 24.1 Å². The van der Waals surface area contributed by atoms with E-state index in [1.54, 1.807) is 36.2 Å². The van der Waals surface area contributed by atoms with Gasteiger partial charge < -0.3 is 14.4 Å². The second-order valence-electron chi connectivity index (χ2n) is 6.31. The summed E-state index contributed by atoms with van der Waals surface area (Å²) in [5.74, 6) is 0.894. The Morgan fingerprint density at radius 2 is 2.04 bits per heavy atom. The topological polar surface area (TPSA) is 81.9 Å². The zero-order valence-corrected chi connectivity index (χ0v) is 15.7. The van der Waals surface area contributed by atoms with Crippen LogP contribution in [0, 0.1) is 10.1 Å². The molecule has 0 radical (unpaired) electrons. The van der Waals surface area contributed by atoms with Crippen LogP contribution < -0.4 is 9.47 Å². The molecule has 0 N–H and O–H groups in total. The van der Waals surface area contributed by atoms with Crippen LogP contribution in [0.2, 0.25) is 5.02 Å². The summed E-state index contributed by atoms with van der Waals surface area (Å²) in [5, 5.41) is 11.4. The number of amides is 1. The van der Waals surface area contributed by atoms with Crippen molar-refractivity contribution in [2.24, 2.45) is 0 Å². The number of benzene rings is 2. The Balaban J connectivity index is 1.75. The number of nitrogens with zero attached hydrogens (tertiary/aromatic N) is 2. The SMILES string of the molecule is CC(c1cccc([N+](=O)[O-])c1)N(C)C(=O)Cc1cc(Cl)c2c(c1)OCCO2. The first-order valence-electron chi connectivity index (χ1n) is 8.45. The first-order chi connectivity index (χ1) is 12.9. The maximum Gasteiger partial charge on any atom is 0.269 e. The van der Waals surface area contributed by atoms with Gasteiger partial charge in [0, 0.05) is 19.2 Å². The average Bonchev–Trinajstić information content (AvgIpc) is 2.67. The Morgan fingerprint density at radius 1 is 1.30 bits per heavy atom. The number of fused-ring (bicyclic) bond motifs is 1. The number of rotatable bonds is 5. The number of hydrogen-bond acceptors (Lipinski definition) is 5. The lowest BCUT2D eigenvalue weighted by atomic mass is 10.0. The number of halogens is 1. The lowest BCUT2D eigenvalue weighted by Crippen LogP contribution is -2.31. The molecule has 0 fully saturated rings. The predicted molar refractivity (Wildman–Crippen MR) is 100 cm³/mol. The average molecular weight is 391 g/mol. The zero-order valence-electron chi connectivity index (χ0n) is 15.0. The number of carbonyl (C=O) groups excluding carboxylic acids is 1. The van der Waals surface area contributed by atoms with Crippen LogP contribution >= 0.6 is 11.6 Å². The van der Waals surface area contributed by atoms with Gasteiger partial charge in [0.1, 0.15) is 13.2 Å². The molecule has 1 heterocycles. The van der Waals surface area contributed by atoms with Crippen molar-refractivity contribution in [2.45, 2.75) is 19.4 Å². The van der Waals surface area contributed by atoms with Crippen LogP contribution in [0.15, 0.2) is 36.4 Å². The molecule has 142 valence electrons. The van der Waals surface area contributed by atoms with E-state index in [0.717, 1.165) is 0 Å². The Morgan fingerprint density at radius 3 is 2.78 bits per heavy atom. The Hall–Kier alpha value is -2.80. The molecule has 1 amide bonds. The monoisotopic (exact) mass is 390 g/mol. The number of likely N-dealkylation sites (N-methyl/N-ethyl adjacent to an activating group) is 1. The van der Waals surface area contributed by atoms with Crippen LogP contribution in [0.5, 0.6) is 11.5 Å². The van der Waals surface area contributed by atoms with E-state index in [2.05, 4.69) is 0 Å². The van der Waals surface area contributed by atoms with Crippen molar-refractivity contribution in [3.8, 4) is 11.5 Å². The fourth-order valence-electron chi connectivity index (χ4n) is 2.90. The van der Waals surface area contributed by atoms with E-state index in [4.69, 9.17) is 21.1 Å². The molecule has 1 aliphatic heterocycles. The molecule has 1 atom stereocenters. The maximum atomic E-state index is 12.7. The van der Waals surface area contributed by atoms with E-state index < -0.39 is 4.92 Å². The molecule has 8 heteroatoms. The number of carbonyl (C=O) groups is 1. The molecule has 2 aromatic rings. The minimum atomic E-state index is -0.449. The summed E-state index contributed by atoms with van der Waals surface area (Å²) in [4.78, 5) is 24.8. The van der Waals surface area contributed by atoms with Crippen LogP contribution in [0.25, 0.3) is 0 Å². The van der Waals surface area contributed by atoms with Crippen molar-refractivity contribution in [2.75, 3.05) is 20.3 Å².